The number of aromatic nitrogens is 4. The van der Waals surface area contributed by atoms with Crippen LogP contribution in [0, 0.1) is 0 Å². The molecule has 6 nitrogen and oxygen atoms in total. The minimum absolute atomic E-state index is 0.244. The molecular weight excluding hydrogens is 287 g/mol. The van der Waals surface area contributed by atoms with Gasteiger partial charge in [0.1, 0.15) is 0 Å². The van der Waals surface area contributed by atoms with Crippen LogP contribution < -0.4 is 5.32 Å². The van der Waals surface area contributed by atoms with Crippen molar-refractivity contribution in [2.24, 2.45) is 0 Å². The molecule has 0 unspecified atom stereocenters. The van der Waals surface area contributed by atoms with E-state index in [1.165, 1.54) is 6.07 Å². The molecule has 2 aromatic rings. The van der Waals surface area contributed by atoms with Crippen molar-refractivity contribution in [3.8, 4) is 0 Å². The molecule has 0 fully saturated rings. The van der Waals surface area contributed by atoms with Gasteiger partial charge in [-0.05, 0) is 17.3 Å². The minimum Gasteiger partial charge on any atom is -0.317 e. The van der Waals surface area contributed by atoms with Gasteiger partial charge in [-0.15, -0.1) is 10.2 Å². The first-order valence-electron chi connectivity index (χ1n) is 4.80. The second-order valence-electron chi connectivity index (χ2n) is 3.35. The second kappa shape index (κ2) is 4.84. The van der Waals surface area contributed by atoms with Crippen molar-refractivity contribution in [1.82, 2.24) is 20.6 Å². The summed E-state index contributed by atoms with van der Waals surface area (Å²) in [4.78, 5) is 11.6. The zero-order valence-electron chi connectivity index (χ0n) is 8.99. The highest BCUT2D eigenvalue weighted by Crippen LogP contribution is 2.38. The van der Waals surface area contributed by atoms with E-state index in [4.69, 9.17) is 11.6 Å². The fourth-order valence-electron chi connectivity index (χ4n) is 1.31. The summed E-state index contributed by atoms with van der Waals surface area (Å²) in [5.74, 6) is -1.35. The molecule has 0 radical (unpaired) electrons. The van der Waals surface area contributed by atoms with E-state index in [0.717, 1.165) is 12.1 Å². The van der Waals surface area contributed by atoms with Crippen LogP contribution in [0.2, 0.25) is 5.02 Å². The summed E-state index contributed by atoms with van der Waals surface area (Å²) in [5, 5.41) is 13.6. The number of rotatable bonds is 2. The van der Waals surface area contributed by atoms with Gasteiger partial charge in [0.05, 0.1) is 16.3 Å². The molecule has 19 heavy (non-hydrogen) atoms. The van der Waals surface area contributed by atoms with Crippen molar-refractivity contribution in [3.05, 3.63) is 34.6 Å². The number of hydrogen-bond acceptors (Lipinski definition) is 4. The van der Waals surface area contributed by atoms with Crippen LogP contribution in [0.5, 0.6) is 0 Å². The topological polar surface area (TPSA) is 83.6 Å². The summed E-state index contributed by atoms with van der Waals surface area (Å²) >= 11 is 5.66. The molecule has 1 aromatic carbocycles. The molecule has 0 aliphatic carbocycles. The lowest BCUT2D eigenvalue weighted by Gasteiger charge is -2.14. The van der Waals surface area contributed by atoms with E-state index in [1.807, 2.05) is 10.5 Å². The number of para-hydroxylation sites is 1. The van der Waals surface area contributed by atoms with Gasteiger partial charge >= 0.3 is 6.18 Å². The summed E-state index contributed by atoms with van der Waals surface area (Å²) in [6.07, 6.45) is -4.65. The molecule has 2 N–H and O–H groups in total. The summed E-state index contributed by atoms with van der Waals surface area (Å²) in [6.45, 7) is 0. The van der Waals surface area contributed by atoms with E-state index >= 15 is 0 Å². The number of carbonyl (C=O) groups is 1. The number of amides is 1. The molecule has 0 spiro atoms. The Hall–Kier alpha value is -2.16. The number of halogens is 4. The number of tetrazole rings is 1. The summed E-state index contributed by atoms with van der Waals surface area (Å²) in [5.41, 5.74) is -1.61. The minimum atomic E-state index is -4.65. The SMILES string of the molecule is O=C(Nc1c(Cl)cccc1C(F)(F)F)c1nn[nH]n1. The number of nitrogens with one attached hydrogen (secondary N) is 2. The van der Waals surface area contributed by atoms with Crippen LogP contribution in [0.1, 0.15) is 16.2 Å². The molecule has 2 rings (SSSR count). The number of aromatic amines is 1. The van der Waals surface area contributed by atoms with Crippen molar-refractivity contribution in [2.75, 3.05) is 5.32 Å². The smallest absolute Gasteiger partial charge is 0.317 e. The fraction of sp³-hybridized carbons (Fsp3) is 0.111. The van der Waals surface area contributed by atoms with Crippen LogP contribution in [0.15, 0.2) is 18.2 Å². The Labute approximate surface area is 109 Å². The monoisotopic (exact) mass is 291 g/mol. The lowest BCUT2D eigenvalue weighted by Crippen LogP contribution is -2.18. The number of H-pyrrole nitrogens is 1. The number of nitrogens with zero attached hydrogens (tertiary/aromatic N) is 3. The van der Waals surface area contributed by atoms with Crippen molar-refractivity contribution < 1.29 is 18.0 Å². The molecule has 0 bridgehead atoms. The van der Waals surface area contributed by atoms with E-state index in [2.05, 4.69) is 15.4 Å². The van der Waals surface area contributed by atoms with Gasteiger partial charge in [-0.3, -0.25) is 4.79 Å². The molecule has 1 aromatic heterocycles. The largest absolute Gasteiger partial charge is 0.418 e. The van der Waals surface area contributed by atoms with E-state index < -0.39 is 29.2 Å². The zero-order chi connectivity index (χ0) is 14.0. The normalized spacial score (nSPS) is 11.4. The van der Waals surface area contributed by atoms with Crippen LogP contribution in [0.4, 0.5) is 18.9 Å². The molecule has 0 aliphatic rings. The molecule has 0 aliphatic heterocycles. The highest BCUT2D eigenvalue weighted by Gasteiger charge is 2.35. The number of anilines is 1. The van der Waals surface area contributed by atoms with Crippen LogP contribution in [-0.4, -0.2) is 26.5 Å². The van der Waals surface area contributed by atoms with Gasteiger partial charge in [0.2, 0.25) is 0 Å². The van der Waals surface area contributed by atoms with Gasteiger partial charge in [-0.2, -0.15) is 18.4 Å². The van der Waals surface area contributed by atoms with Crippen LogP contribution >= 0.6 is 11.6 Å². The van der Waals surface area contributed by atoms with Crippen molar-refractivity contribution in [3.63, 3.8) is 0 Å². The number of carbonyl (C=O) groups excluding carboxylic acids is 1. The molecule has 0 saturated carbocycles. The highest BCUT2D eigenvalue weighted by molar-refractivity contribution is 6.34. The lowest BCUT2D eigenvalue weighted by atomic mass is 10.1. The van der Waals surface area contributed by atoms with Crippen molar-refractivity contribution in [2.45, 2.75) is 6.18 Å². The van der Waals surface area contributed by atoms with Gasteiger partial charge in [0.15, 0.2) is 0 Å². The Kier molecular flexibility index (Phi) is 3.38. The predicted molar refractivity (Wildman–Crippen MR) is 58.6 cm³/mol. The predicted octanol–water partition coefficient (Wildman–Crippen LogP) is 2.12. The first-order valence-corrected chi connectivity index (χ1v) is 5.18. The first-order chi connectivity index (χ1) is 8.89. The van der Waals surface area contributed by atoms with E-state index in [9.17, 15) is 18.0 Å². The van der Waals surface area contributed by atoms with Gasteiger partial charge in [0.25, 0.3) is 11.7 Å². The molecular formula is C9H5ClF3N5O. The van der Waals surface area contributed by atoms with E-state index in [1.54, 1.807) is 0 Å². The zero-order valence-corrected chi connectivity index (χ0v) is 9.75. The highest BCUT2D eigenvalue weighted by atomic mass is 35.5. The maximum atomic E-state index is 12.8. The molecule has 1 amide bonds. The Morgan fingerprint density at radius 2 is 2.11 bits per heavy atom. The van der Waals surface area contributed by atoms with E-state index in [0.29, 0.717) is 0 Å². The molecule has 1 heterocycles. The average Bonchev–Trinajstić information content (AvgIpc) is 2.83. The third kappa shape index (κ3) is 2.81. The summed E-state index contributed by atoms with van der Waals surface area (Å²) in [6, 6.07) is 3.16. The Morgan fingerprint density at radius 1 is 1.37 bits per heavy atom. The maximum Gasteiger partial charge on any atom is 0.418 e. The standard InChI is InChI=1S/C9H5ClF3N5O/c10-5-3-1-2-4(9(11,12)13)6(5)14-8(19)7-15-17-18-16-7/h1-3H,(H,14,19)(H,15,16,17,18). The third-order valence-electron chi connectivity index (χ3n) is 2.11. The lowest BCUT2D eigenvalue weighted by molar-refractivity contribution is -0.136. The molecule has 0 atom stereocenters. The fourth-order valence-corrected chi connectivity index (χ4v) is 1.54. The number of hydrogen-bond donors (Lipinski definition) is 2. The Balaban J connectivity index is 2.37. The molecule has 10 heteroatoms. The molecule has 0 saturated heterocycles. The number of benzene rings is 1. The Morgan fingerprint density at radius 3 is 2.68 bits per heavy atom. The van der Waals surface area contributed by atoms with Crippen LogP contribution in [-0.2, 0) is 6.18 Å². The van der Waals surface area contributed by atoms with Crippen LogP contribution in [0.25, 0.3) is 0 Å². The number of alkyl halides is 3. The van der Waals surface area contributed by atoms with Crippen molar-refractivity contribution in [1.29, 1.82) is 0 Å². The molecule has 100 valence electrons. The van der Waals surface area contributed by atoms with Crippen LogP contribution in [0.3, 0.4) is 0 Å². The third-order valence-corrected chi connectivity index (χ3v) is 2.42. The van der Waals surface area contributed by atoms with Crippen molar-refractivity contribution >= 4 is 23.2 Å². The summed E-state index contributed by atoms with van der Waals surface area (Å²) in [7, 11) is 0. The summed E-state index contributed by atoms with van der Waals surface area (Å²) < 4.78 is 38.3. The second-order valence-corrected chi connectivity index (χ2v) is 3.76. The van der Waals surface area contributed by atoms with Gasteiger partial charge in [0, 0.05) is 0 Å². The quantitative estimate of drug-likeness (QED) is 0.888. The van der Waals surface area contributed by atoms with Gasteiger partial charge in [-0.25, -0.2) is 0 Å². The first kappa shape index (κ1) is 13.3. The van der Waals surface area contributed by atoms with Gasteiger partial charge < -0.3 is 5.32 Å². The van der Waals surface area contributed by atoms with E-state index in [-0.39, 0.29) is 5.02 Å². The average molecular weight is 292 g/mol. The van der Waals surface area contributed by atoms with Gasteiger partial charge in [-0.1, -0.05) is 17.7 Å². The Bertz CT molecular complexity index is 598. The maximum absolute atomic E-state index is 12.8.